The molecule has 1 aliphatic heterocycles. The van der Waals surface area contributed by atoms with Gasteiger partial charge in [-0.25, -0.2) is 14.4 Å². The predicted molar refractivity (Wildman–Crippen MR) is 98.3 cm³/mol. The SMILES string of the molecule is Cc1nc(N2CCN(C)CC2)nc2c1C(=O)C[C@@H](c1ccccc1F)C2. The lowest BCUT2D eigenvalue weighted by Crippen LogP contribution is -2.45. The molecule has 2 aliphatic rings. The number of halogens is 1. The molecule has 0 radical (unpaired) electrons. The van der Waals surface area contributed by atoms with Crippen molar-refractivity contribution in [2.45, 2.75) is 25.7 Å². The van der Waals surface area contributed by atoms with Gasteiger partial charge in [-0.15, -0.1) is 0 Å². The smallest absolute Gasteiger partial charge is 0.225 e. The van der Waals surface area contributed by atoms with Gasteiger partial charge in [-0.2, -0.15) is 0 Å². The minimum atomic E-state index is -0.251. The van der Waals surface area contributed by atoms with E-state index in [2.05, 4.69) is 21.8 Å². The summed E-state index contributed by atoms with van der Waals surface area (Å²) >= 11 is 0. The number of piperazine rings is 1. The minimum absolute atomic E-state index is 0.0157. The molecule has 1 atom stereocenters. The van der Waals surface area contributed by atoms with E-state index in [-0.39, 0.29) is 17.5 Å². The van der Waals surface area contributed by atoms with E-state index in [1.807, 2.05) is 13.0 Å². The van der Waals surface area contributed by atoms with Crippen molar-refractivity contribution in [3.05, 3.63) is 52.6 Å². The van der Waals surface area contributed by atoms with Crippen molar-refractivity contribution in [3.8, 4) is 0 Å². The van der Waals surface area contributed by atoms with Crippen LogP contribution in [-0.4, -0.2) is 53.9 Å². The van der Waals surface area contributed by atoms with Gasteiger partial charge in [-0.1, -0.05) is 18.2 Å². The van der Waals surface area contributed by atoms with E-state index in [0.29, 0.717) is 29.9 Å². The fraction of sp³-hybridized carbons (Fsp3) is 0.450. The summed E-state index contributed by atoms with van der Waals surface area (Å²) in [5, 5.41) is 0. The Morgan fingerprint density at radius 3 is 2.54 bits per heavy atom. The monoisotopic (exact) mass is 354 g/mol. The number of fused-ring (bicyclic) bond motifs is 1. The molecule has 4 rings (SSSR count). The van der Waals surface area contributed by atoms with E-state index in [4.69, 9.17) is 4.98 Å². The van der Waals surface area contributed by atoms with Crippen LogP contribution >= 0.6 is 0 Å². The summed E-state index contributed by atoms with van der Waals surface area (Å²) in [6.07, 6.45) is 0.887. The van der Waals surface area contributed by atoms with Crippen LogP contribution in [0.4, 0.5) is 10.3 Å². The third kappa shape index (κ3) is 3.09. The van der Waals surface area contributed by atoms with Gasteiger partial charge in [-0.3, -0.25) is 4.79 Å². The Morgan fingerprint density at radius 1 is 1.08 bits per heavy atom. The van der Waals surface area contributed by atoms with Gasteiger partial charge in [0.25, 0.3) is 0 Å². The molecule has 0 unspecified atom stereocenters. The largest absolute Gasteiger partial charge is 0.338 e. The Labute approximate surface area is 152 Å². The number of aromatic nitrogens is 2. The Balaban J connectivity index is 1.67. The van der Waals surface area contributed by atoms with Crippen molar-refractivity contribution in [1.29, 1.82) is 0 Å². The maximum atomic E-state index is 14.2. The molecule has 6 heteroatoms. The van der Waals surface area contributed by atoms with Gasteiger partial charge in [0.1, 0.15) is 5.82 Å². The molecular formula is C20H23FN4O. The molecular weight excluding hydrogens is 331 g/mol. The molecule has 5 nitrogen and oxygen atoms in total. The highest BCUT2D eigenvalue weighted by Crippen LogP contribution is 2.34. The zero-order valence-corrected chi connectivity index (χ0v) is 15.2. The quantitative estimate of drug-likeness (QED) is 0.830. The molecule has 0 saturated carbocycles. The fourth-order valence-corrected chi connectivity index (χ4v) is 3.93. The normalized spacial score (nSPS) is 21.0. The third-order valence-electron chi connectivity index (χ3n) is 5.43. The van der Waals surface area contributed by atoms with E-state index in [1.165, 1.54) is 6.07 Å². The number of rotatable bonds is 2. The molecule has 1 fully saturated rings. The van der Waals surface area contributed by atoms with Crippen molar-refractivity contribution in [2.75, 3.05) is 38.1 Å². The van der Waals surface area contributed by atoms with Crippen LogP contribution in [0.2, 0.25) is 0 Å². The lowest BCUT2D eigenvalue weighted by Gasteiger charge is -2.33. The number of benzene rings is 1. The van der Waals surface area contributed by atoms with Crippen LogP contribution in [0.1, 0.15) is 39.6 Å². The maximum absolute atomic E-state index is 14.2. The van der Waals surface area contributed by atoms with Gasteiger partial charge in [0.05, 0.1) is 17.0 Å². The molecule has 26 heavy (non-hydrogen) atoms. The van der Waals surface area contributed by atoms with Crippen molar-refractivity contribution >= 4 is 11.7 Å². The van der Waals surface area contributed by atoms with Crippen LogP contribution in [0.25, 0.3) is 0 Å². The molecule has 1 aromatic carbocycles. The number of ketones is 1. The molecule has 2 aromatic rings. The molecule has 0 bridgehead atoms. The van der Waals surface area contributed by atoms with Gasteiger partial charge in [0, 0.05) is 32.6 Å². The second-order valence-electron chi connectivity index (χ2n) is 7.27. The number of anilines is 1. The number of nitrogens with zero attached hydrogens (tertiary/aromatic N) is 4. The predicted octanol–water partition coefficient (Wildman–Crippen LogP) is 2.59. The van der Waals surface area contributed by atoms with Crippen molar-refractivity contribution < 1.29 is 9.18 Å². The van der Waals surface area contributed by atoms with Gasteiger partial charge >= 0.3 is 0 Å². The van der Waals surface area contributed by atoms with Crippen molar-refractivity contribution in [3.63, 3.8) is 0 Å². The second kappa shape index (κ2) is 6.76. The van der Waals surface area contributed by atoms with Crippen molar-refractivity contribution in [2.24, 2.45) is 0 Å². The number of carbonyl (C=O) groups excluding carboxylic acids is 1. The zero-order chi connectivity index (χ0) is 18.3. The molecule has 2 heterocycles. The molecule has 136 valence electrons. The summed E-state index contributed by atoms with van der Waals surface area (Å²) in [5.41, 5.74) is 2.73. The summed E-state index contributed by atoms with van der Waals surface area (Å²) in [4.78, 5) is 26.5. The number of carbonyl (C=O) groups is 1. The fourth-order valence-electron chi connectivity index (χ4n) is 3.93. The topological polar surface area (TPSA) is 49.3 Å². The highest BCUT2D eigenvalue weighted by atomic mass is 19.1. The third-order valence-corrected chi connectivity index (χ3v) is 5.43. The minimum Gasteiger partial charge on any atom is -0.338 e. The van der Waals surface area contributed by atoms with Crippen LogP contribution in [0.3, 0.4) is 0 Å². The number of hydrogen-bond donors (Lipinski definition) is 0. The average Bonchev–Trinajstić information content (AvgIpc) is 2.62. The maximum Gasteiger partial charge on any atom is 0.225 e. The first-order valence-corrected chi connectivity index (χ1v) is 9.11. The second-order valence-corrected chi connectivity index (χ2v) is 7.27. The summed E-state index contributed by atoms with van der Waals surface area (Å²) in [7, 11) is 2.11. The molecule has 1 aromatic heterocycles. The van der Waals surface area contributed by atoms with E-state index < -0.39 is 0 Å². The number of hydrogen-bond acceptors (Lipinski definition) is 5. The van der Waals surface area contributed by atoms with Crippen molar-refractivity contribution in [1.82, 2.24) is 14.9 Å². The average molecular weight is 354 g/mol. The Bertz CT molecular complexity index is 846. The first-order valence-electron chi connectivity index (χ1n) is 9.11. The van der Waals surface area contributed by atoms with E-state index in [9.17, 15) is 9.18 Å². The highest BCUT2D eigenvalue weighted by Gasteiger charge is 2.32. The Hall–Kier alpha value is -2.34. The van der Waals surface area contributed by atoms with Gasteiger partial charge in [0.2, 0.25) is 5.95 Å². The van der Waals surface area contributed by atoms with Gasteiger partial charge in [0.15, 0.2) is 5.78 Å². The summed E-state index contributed by atoms with van der Waals surface area (Å²) in [5.74, 6) is 0.294. The number of Topliss-reactive ketones (excluding diaryl/α,β-unsaturated/α-hetero) is 1. The summed E-state index contributed by atoms with van der Waals surface area (Å²) in [6, 6.07) is 6.72. The first kappa shape index (κ1) is 17.1. The van der Waals surface area contributed by atoms with Crippen LogP contribution < -0.4 is 4.90 Å². The van der Waals surface area contributed by atoms with Crippen LogP contribution in [-0.2, 0) is 6.42 Å². The highest BCUT2D eigenvalue weighted by molar-refractivity contribution is 5.99. The first-order chi connectivity index (χ1) is 12.5. The lowest BCUT2D eigenvalue weighted by atomic mass is 9.81. The summed E-state index contributed by atoms with van der Waals surface area (Å²) < 4.78 is 14.2. The van der Waals surface area contributed by atoms with E-state index >= 15 is 0 Å². The van der Waals surface area contributed by atoms with Gasteiger partial charge < -0.3 is 9.80 Å². The molecule has 1 aliphatic carbocycles. The Kier molecular flexibility index (Phi) is 4.44. The zero-order valence-electron chi connectivity index (χ0n) is 15.2. The molecule has 0 spiro atoms. The molecule has 1 saturated heterocycles. The Morgan fingerprint density at radius 2 is 1.81 bits per heavy atom. The van der Waals surface area contributed by atoms with E-state index in [0.717, 1.165) is 37.6 Å². The molecule has 0 amide bonds. The lowest BCUT2D eigenvalue weighted by molar-refractivity contribution is 0.0961. The van der Waals surface area contributed by atoms with E-state index in [1.54, 1.807) is 12.1 Å². The van der Waals surface area contributed by atoms with Crippen LogP contribution in [0, 0.1) is 12.7 Å². The standard InChI is InChI=1S/C20H23FN4O/c1-13-19-17(23-20(22-13)25-9-7-24(2)8-10-25)11-14(12-18(19)26)15-5-3-4-6-16(15)21/h3-6,14H,7-12H2,1-2H3/t14-/m0/s1. The van der Waals surface area contributed by atoms with Crippen LogP contribution in [0.15, 0.2) is 24.3 Å². The number of aryl methyl sites for hydroxylation is 1. The van der Waals surface area contributed by atoms with Gasteiger partial charge in [-0.05, 0) is 37.9 Å². The summed E-state index contributed by atoms with van der Waals surface area (Å²) in [6.45, 7) is 5.56. The van der Waals surface area contributed by atoms with Crippen LogP contribution in [0.5, 0.6) is 0 Å². The molecule has 0 N–H and O–H groups in total. The number of likely N-dealkylation sites (N-methyl/N-ethyl adjacent to an activating group) is 1.